The summed E-state index contributed by atoms with van der Waals surface area (Å²) in [5.41, 5.74) is 17.6. The van der Waals surface area contributed by atoms with E-state index in [1.807, 2.05) is 0 Å². The average molecular weight is 1020 g/mol. The molecule has 1 saturated carbocycles. The van der Waals surface area contributed by atoms with Crippen LogP contribution < -0.4 is 19.6 Å². The molecule has 0 unspecified atom stereocenters. The minimum atomic E-state index is -0.384. The van der Waals surface area contributed by atoms with E-state index in [-0.39, 0.29) is 5.41 Å². The fourth-order valence-electron chi connectivity index (χ4n) is 12.6. The van der Waals surface area contributed by atoms with Crippen LogP contribution in [0.4, 0.5) is 68.2 Å². The van der Waals surface area contributed by atoms with Crippen molar-refractivity contribution in [3.63, 3.8) is 0 Å². The first-order valence-corrected chi connectivity index (χ1v) is 27.5. The van der Waals surface area contributed by atoms with Crippen molar-refractivity contribution < 1.29 is 4.79 Å². The summed E-state index contributed by atoms with van der Waals surface area (Å²) in [6, 6.07) is 105. The van der Waals surface area contributed by atoms with E-state index in [0.29, 0.717) is 18.6 Å². The largest absolute Gasteiger partial charge is 0.311 e. The lowest BCUT2D eigenvalue weighted by Gasteiger charge is -2.37. The molecule has 0 radical (unpaired) electrons. The summed E-state index contributed by atoms with van der Waals surface area (Å²) in [5.74, 6) is 0.336. The topological polar surface area (TPSA) is 30.0 Å². The highest BCUT2D eigenvalue weighted by atomic mass is 16.1. The zero-order valence-corrected chi connectivity index (χ0v) is 43.7. The number of Topliss-reactive ketones (excluding diaryl/α,β-unsaturated/α-hetero) is 1. The molecule has 5 nitrogen and oxygen atoms in total. The first kappa shape index (κ1) is 47.5. The van der Waals surface area contributed by atoms with Crippen LogP contribution in [0.2, 0.25) is 0 Å². The molecule has 0 saturated heterocycles. The molecule has 1 fully saturated rings. The number of fused-ring (bicyclic) bond motifs is 7. The third-order valence-corrected chi connectivity index (χ3v) is 16.3. The van der Waals surface area contributed by atoms with Gasteiger partial charge in [0.15, 0.2) is 0 Å². The minimum Gasteiger partial charge on any atom is -0.311 e. The lowest BCUT2D eigenvalue weighted by Crippen LogP contribution is -2.31. The van der Waals surface area contributed by atoms with Crippen molar-refractivity contribution in [3.8, 4) is 11.1 Å². The number of hydrogen-bond donors (Lipinski definition) is 0. The maximum Gasteiger partial charge on any atom is 0.133 e. The molecular formula is C74H56N4O. The van der Waals surface area contributed by atoms with Crippen molar-refractivity contribution in [1.29, 1.82) is 0 Å². The van der Waals surface area contributed by atoms with Gasteiger partial charge in [0.25, 0.3) is 0 Å². The molecule has 79 heavy (non-hydrogen) atoms. The van der Waals surface area contributed by atoms with Gasteiger partial charge >= 0.3 is 0 Å². The second kappa shape index (κ2) is 20.2. The molecule has 0 N–H and O–H groups in total. The zero-order chi connectivity index (χ0) is 52.7. The first-order chi connectivity index (χ1) is 39.1. The fourth-order valence-corrected chi connectivity index (χ4v) is 12.6. The van der Waals surface area contributed by atoms with Gasteiger partial charge in [0.2, 0.25) is 0 Å². The molecular weight excluding hydrogens is 961 g/mol. The molecule has 2 aliphatic carbocycles. The van der Waals surface area contributed by atoms with Crippen molar-refractivity contribution >= 4 is 95.6 Å². The summed E-state index contributed by atoms with van der Waals surface area (Å²) < 4.78 is 0. The number of nitrogens with zero attached hydrogens (tertiary/aromatic N) is 4. The Morgan fingerprint density at radius 2 is 0.557 bits per heavy atom. The highest BCUT2D eigenvalue weighted by Crippen LogP contribution is 2.58. The van der Waals surface area contributed by atoms with E-state index in [9.17, 15) is 4.79 Å². The third-order valence-electron chi connectivity index (χ3n) is 16.3. The van der Waals surface area contributed by atoms with E-state index in [1.54, 1.807) is 0 Å². The van der Waals surface area contributed by atoms with Gasteiger partial charge in [-0.2, -0.15) is 0 Å². The number of hydrogen-bond acceptors (Lipinski definition) is 5. The first-order valence-electron chi connectivity index (χ1n) is 27.5. The van der Waals surface area contributed by atoms with Crippen LogP contribution in [0, 0.1) is 0 Å². The van der Waals surface area contributed by atoms with E-state index < -0.39 is 0 Å². The van der Waals surface area contributed by atoms with Crippen molar-refractivity contribution in [1.82, 2.24) is 0 Å². The van der Waals surface area contributed by atoms with Crippen LogP contribution in [-0.4, -0.2) is 5.78 Å². The third kappa shape index (κ3) is 8.57. The lowest BCUT2D eigenvalue weighted by atomic mass is 9.67. The molecule has 0 atom stereocenters. The van der Waals surface area contributed by atoms with Crippen LogP contribution in [0.5, 0.6) is 0 Å². The molecule has 378 valence electrons. The molecule has 0 amide bonds. The summed E-state index contributed by atoms with van der Waals surface area (Å²) in [5, 5.41) is 4.70. The van der Waals surface area contributed by atoms with Gasteiger partial charge in [0.05, 0.1) is 11.4 Å². The Balaban J connectivity index is 0.903. The summed E-state index contributed by atoms with van der Waals surface area (Å²) in [7, 11) is 0. The zero-order valence-electron chi connectivity index (χ0n) is 43.7. The van der Waals surface area contributed by atoms with Crippen molar-refractivity contribution in [3.05, 3.63) is 302 Å². The lowest BCUT2D eigenvalue weighted by molar-refractivity contribution is -0.121. The van der Waals surface area contributed by atoms with Crippen LogP contribution in [0.15, 0.2) is 291 Å². The fraction of sp³-hybridized carbons (Fsp3) is 0.0676. The summed E-state index contributed by atoms with van der Waals surface area (Å²) >= 11 is 0. The maximum atomic E-state index is 13.5. The molecule has 1 spiro atoms. The number of rotatable bonds is 12. The smallest absolute Gasteiger partial charge is 0.133 e. The SMILES string of the molecule is O=C1CCC2(CC1)c1cc(N(c3ccc(N(c4ccccc4)c4ccccc4)cc3)c3cccc4ccccc34)ccc1-c1ccc(N(c3ccc(N(c4ccccc4)c4ccccc4)cc3)c3cccc4ccccc34)cc12. The standard InChI is InChI=1S/C74H56N4O/c79-65-47-49-74(50-48-65)70-51-63(77(72-33-17-21-53-19-13-15-31-66(53)72)61-39-35-59(36-40-61)75(55-23-5-1-6-24-55)56-25-7-2-8-26-56)43-45-68(70)69-46-44-64(52-71(69)74)78(73-34-18-22-54-20-14-16-32-67(54)73)62-41-37-60(38-42-62)76(57-27-9-3-10-28-57)58-29-11-4-12-30-58/h1-46,51-52H,47-50H2. The van der Waals surface area contributed by atoms with E-state index in [1.165, 1.54) is 43.8 Å². The number of para-hydroxylation sites is 4. The van der Waals surface area contributed by atoms with E-state index in [0.717, 1.165) is 81.1 Å². The van der Waals surface area contributed by atoms with Gasteiger partial charge in [-0.1, -0.05) is 158 Å². The molecule has 0 aliphatic heterocycles. The predicted molar refractivity (Wildman–Crippen MR) is 330 cm³/mol. The Morgan fingerprint density at radius 1 is 0.266 bits per heavy atom. The maximum absolute atomic E-state index is 13.5. The molecule has 5 heteroatoms. The minimum absolute atomic E-state index is 0.336. The molecule has 0 aromatic heterocycles. The summed E-state index contributed by atoms with van der Waals surface area (Å²) in [4.78, 5) is 22.9. The number of anilines is 12. The normalized spacial score (nSPS) is 13.2. The highest BCUT2D eigenvalue weighted by molar-refractivity contribution is 6.02. The van der Waals surface area contributed by atoms with Gasteiger partial charge in [0.1, 0.15) is 5.78 Å². The number of ketones is 1. The second-order valence-electron chi connectivity index (χ2n) is 20.8. The van der Waals surface area contributed by atoms with Gasteiger partial charge in [-0.15, -0.1) is 0 Å². The van der Waals surface area contributed by atoms with Crippen LogP contribution in [0.3, 0.4) is 0 Å². The predicted octanol–water partition coefficient (Wildman–Crippen LogP) is 20.3. The van der Waals surface area contributed by atoms with E-state index in [2.05, 4.69) is 311 Å². The molecule has 12 aromatic carbocycles. The van der Waals surface area contributed by atoms with E-state index in [4.69, 9.17) is 0 Å². The van der Waals surface area contributed by atoms with Gasteiger partial charge in [-0.05, 0) is 179 Å². The van der Waals surface area contributed by atoms with Gasteiger partial charge in [0, 0.05) is 85.9 Å². The van der Waals surface area contributed by atoms with Crippen LogP contribution in [0.1, 0.15) is 36.8 Å². The van der Waals surface area contributed by atoms with E-state index >= 15 is 0 Å². The Labute approximate surface area is 462 Å². The Hall–Kier alpha value is -9.97. The van der Waals surface area contributed by atoms with Crippen molar-refractivity contribution in [2.45, 2.75) is 31.1 Å². The molecule has 0 bridgehead atoms. The monoisotopic (exact) mass is 1020 g/mol. The summed E-state index contributed by atoms with van der Waals surface area (Å²) in [6.45, 7) is 0. The average Bonchev–Trinajstić information content (AvgIpc) is 3.85. The quantitative estimate of drug-likeness (QED) is 0.122. The second-order valence-corrected chi connectivity index (χ2v) is 20.8. The van der Waals surface area contributed by atoms with Crippen LogP contribution in [0.25, 0.3) is 32.7 Å². The highest BCUT2D eigenvalue weighted by Gasteiger charge is 2.46. The van der Waals surface area contributed by atoms with Gasteiger partial charge < -0.3 is 19.6 Å². The molecule has 2 aliphatic rings. The summed E-state index contributed by atoms with van der Waals surface area (Å²) in [6.07, 6.45) is 2.56. The Bertz CT molecular complexity index is 3800. The number of benzene rings is 12. The molecule has 0 heterocycles. The van der Waals surface area contributed by atoms with Gasteiger partial charge in [-0.25, -0.2) is 0 Å². The van der Waals surface area contributed by atoms with Crippen molar-refractivity contribution in [2.75, 3.05) is 19.6 Å². The molecule has 12 aromatic rings. The Morgan fingerprint density at radius 3 is 0.924 bits per heavy atom. The number of carbonyl (C=O) groups excluding carboxylic acids is 1. The Kier molecular flexibility index (Phi) is 12.1. The van der Waals surface area contributed by atoms with Crippen molar-refractivity contribution in [2.24, 2.45) is 0 Å². The number of carbonyl (C=O) groups is 1. The van der Waals surface area contributed by atoms with Crippen LogP contribution >= 0.6 is 0 Å². The molecule has 14 rings (SSSR count). The van der Waals surface area contributed by atoms with Crippen LogP contribution in [-0.2, 0) is 10.2 Å². The van der Waals surface area contributed by atoms with Gasteiger partial charge in [-0.3, -0.25) is 4.79 Å².